The van der Waals surface area contributed by atoms with Gasteiger partial charge in [-0.3, -0.25) is 9.59 Å². The first-order valence-corrected chi connectivity index (χ1v) is 9.01. The zero-order chi connectivity index (χ0) is 18.3. The lowest BCUT2D eigenvalue weighted by Gasteiger charge is -2.14. The maximum absolute atomic E-state index is 12.2. The number of furan rings is 1. The van der Waals surface area contributed by atoms with Crippen LogP contribution < -0.4 is 10.2 Å². The molecule has 0 spiro atoms. The lowest BCUT2D eigenvalue weighted by molar-refractivity contribution is -0.116. The first-order valence-electron chi connectivity index (χ1n) is 9.01. The van der Waals surface area contributed by atoms with Crippen molar-refractivity contribution >= 4 is 29.3 Å². The lowest BCUT2D eigenvalue weighted by atomic mass is 10.1. The molecule has 0 bridgehead atoms. The van der Waals surface area contributed by atoms with Crippen molar-refractivity contribution in [1.82, 2.24) is 0 Å². The molecule has 1 N–H and O–H groups in total. The van der Waals surface area contributed by atoms with Gasteiger partial charge in [0, 0.05) is 36.8 Å². The molecule has 2 atom stereocenters. The van der Waals surface area contributed by atoms with E-state index < -0.39 is 0 Å². The molecule has 0 radical (unpaired) electrons. The molecule has 0 saturated heterocycles. The monoisotopic (exact) mass is 350 g/mol. The molecule has 5 nitrogen and oxygen atoms in total. The molecule has 1 aliphatic heterocycles. The number of anilines is 2. The molecule has 5 heteroatoms. The Kier molecular flexibility index (Phi) is 4.15. The van der Waals surface area contributed by atoms with E-state index in [9.17, 15) is 9.59 Å². The molecule has 2 amide bonds. The quantitative estimate of drug-likeness (QED) is 0.849. The van der Waals surface area contributed by atoms with Crippen LogP contribution in [0.4, 0.5) is 11.4 Å². The minimum Gasteiger partial charge on any atom is -0.461 e. The highest BCUT2D eigenvalue weighted by atomic mass is 16.3. The Morgan fingerprint density at radius 1 is 1.27 bits per heavy atom. The number of carbonyl (C=O) groups excluding carboxylic acids is 2. The van der Waals surface area contributed by atoms with Gasteiger partial charge in [0.05, 0.1) is 0 Å². The minimum atomic E-state index is -0.205. The molecule has 1 fully saturated rings. The number of rotatable bonds is 4. The van der Waals surface area contributed by atoms with Crippen molar-refractivity contribution in [3.8, 4) is 0 Å². The minimum absolute atomic E-state index is 0.0434. The average Bonchev–Trinajstić information content (AvgIpc) is 3.01. The molecule has 1 aromatic carbocycles. The van der Waals surface area contributed by atoms with Crippen LogP contribution in [-0.2, 0) is 16.0 Å². The Bertz CT molecular complexity index is 896. The SMILES string of the molecule is CC(=O)N1CCc2cc(NC(=O)/C=C/c3ccc(C4CC4C)o3)ccc21. The highest BCUT2D eigenvalue weighted by Gasteiger charge is 2.36. The predicted octanol–water partition coefficient (Wildman–Crippen LogP) is 3.96. The molecule has 2 aliphatic rings. The van der Waals surface area contributed by atoms with Crippen LogP contribution in [0.25, 0.3) is 6.08 Å². The van der Waals surface area contributed by atoms with E-state index in [-0.39, 0.29) is 11.8 Å². The molecule has 134 valence electrons. The molecular formula is C21H22N2O3. The molecule has 1 aliphatic carbocycles. The fraction of sp³-hybridized carbons (Fsp3) is 0.333. The fourth-order valence-corrected chi connectivity index (χ4v) is 3.52. The summed E-state index contributed by atoms with van der Waals surface area (Å²) in [5.41, 5.74) is 2.75. The normalized spacial score (nSPS) is 21.1. The molecule has 1 saturated carbocycles. The summed E-state index contributed by atoms with van der Waals surface area (Å²) < 4.78 is 5.77. The Labute approximate surface area is 152 Å². The summed E-state index contributed by atoms with van der Waals surface area (Å²) in [4.78, 5) is 25.5. The number of hydrogen-bond donors (Lipinski definition) is 1. The van der Waals surface area contributed by atoms with Crippen molar-refractivity contribution in [2.24, 2.45) is 5.92 Å². The van der Waals surface area contributed by atoms with Crippen LogP contribution in [0.3, 0.4) is 0 Å². The Hall–Kier alpha value is -2.82. The van der Waals surface area contributed by atoms with Crippen LogP contribution in [0.1, 0.15) is 43.3 Å². The van der Waals surface area contributed by atoms with Crippen LogP contribution in [0.15, 0.2) is 40.8 Å². The van der Waals surface area contributed by atoms with E-state index in [2.05, 4.69) is 12.2 Å². The topological polar surface area (TPSA) is 62.6 Å². The van der Waals surface area contributed by atoms with Crippen LogP contribution in [-0.4, -0.2) is 18.4 Å². The molecule has 2 heterocycles. The first kappa shape index (κ1) is 16.6. The second-order valence-corrected chi connectivity index (χ2v) is 7.15. The smallest absolute Gasteiger partial charge is 0.248 e. The zero-order valence-electron chi connectivity index (χ0n) is 15.0. The third-order valence-electron chi connectivity index (χ3n) is 5.14. The van der Waals surface area contributed by atoms with E-state index in [0.29, 0.717) is 24.1 Å². The van der Waals surface area contributed by atoms with Gasteiger partial charge in [0.1, 0.15) is 11.5 Å². The highest BCUT2D eigenvalue weighted by molar-refractivity contribution is 6.02. The molecular weight excluding hydrogens is 328 g/mol. The second kappa shape index (κ2) is 6.48. The number of nitrogens with one attached hydrogen (secondary N) is 1. The zero-order valence-corrected chi connectivity index (χ0v) is 15.0. The summed E-state index contributed by atoms with van der Waals surface area (Å²) in [6.45, 7) is 4.48. The van der Waals surface area contributed by atoms with Crippen LogP contribution in [0.2, 0.25) is 0 Å². The van der Waals surface area contributed by atoms with Crippen LogP contribution >= 0.6 is 0 Å². The van der Waals surface area contributed by atoms with Crippen molar-refractivity contribution < 1.29 is 14.0 Å². The van der Waals surface area contributed by atoms with E-state index in [0.717, 1.165) is 29.1 Å². The molecule has 26 heavy (non-hydrogen) atoms. The van der Waals surface area contributed by atoms with Crippen molar-refractivity contribution in [3.05, 3.63) is 53.5 Å². The number of carbonyl (C=O) groups is 2. The third-order valence-corrected chi connectivity index (χ3v) is 5.14. The number of amides is 2. The number of benzene rings is 1. The van der Waals surface area contributed by atoms with Crippen LogP contribution in [0.5, 0.6) is 0 Å². The van der Waals surface area contributed by atoms with Gasteiger partial charge in [0.25, 0.3) is 0 Å². The lowest BCUT2D eigenvalue weighted by Crippen LogP contribution is -2.25. The fourth-order valence-electron chi connectivity index (χ4n) is 3.52. The maximum Gasteiger partial charge on any atom is 0.248 e. The van der Waals surface area contributed by atoms with E-state index in [1.807, 2.05) is 30.3 Å². The molecule has 4 rings (SSSR count). The van der Waals surface area contributed by atoms with Crippen molar-refractivity contribution in [2.45, 2.75) is 32.6 Å². The second-order valence-electron chi connectivity index (χ2n) is 7.15. The molecule has 2 aromatic rings. The van der Waals surface area contributed by atoms with Gasteiger partial charge in [0.2, 0.25) is 11.8 Å². The standard InChI is InChI=1S/C21H22N2O3/c1-13-11-18(13)20-7-4-17(26-20)5-8-21(25)22-16-3-6-19-15(12-16)9-10-23(19)14(2)24/h3-8,12-13,18H,9-11H2,1-2H3,(H,22,25)/b8-5+. The van der Waals surface area contributed by atoms with Crippen molar-refractivity contribution in [3.63, 3.8) is 0 Å². The summed E-state index contributed by atoms with van der Waals surface area (Å²) in [6.07, 6.45) is 5.16. The summed E-state index contributed by atoms with van der Waals surface area (Å²) in [5.74, 6) is 2.77. The van der Waals surface area contributed by atoms with Gasteiger partial charge in [-0.25, -0.2) is 0 Å². The number of nitrogens with zero attached hydrogens (tertiary/aromatic N) is 1. The van der Waals surface area contributed by atoms with Gasteiger partial charge in [-0.05, 0) is 60.7 Å². The van der Waals surface area contributed by atoms with Crippen LogP contribution in [0, 0.1) is 5.92 Å². The van der Waals surface area contributed by atoms with Gasteiger partial charge in [-0.1, -0.05) is 6.92 Å². The Morgan fingerprint density at radius 2 is 2.08 bits per heavy atom. The highest BCUT2D eigenvalue weighted by Crippen LogP contribution is 2.47. The summed E-state index contributed by atoms with van der Waals surface area (Å²) >= 11 is 0. The van der Waals surface area contributed by atoms with Gasteiger partial charge >= 0.3 is 0 Å². The third kappa shape index (κ3) is 3.29. The molecule has 2 unspecified atom stereocenters. The van der Waals surface area contributed by atoms with E-state index >= 15 is 0 Å². The van der Waals surface area contributed by atoms with E-state index in [1.165, 1.54) is 12.5 Å². The Morgan fingerprint density at radius 3 is 2.81 bits per heavy atom. The largest absolute Gasteiger partial charge is 0.461 e. The molecule has 1 aromatic heterocycles. The van der Waals surface area contributed by atoms with E-state index in [1.54, 1.807) is 17.9 Å². The van der Waals surface area contributed by atoms with E-state index in [4.69, 9.17) is 4.42 Å². The van der Waals surface area contributed by atoms with Gasteiger partial charge in [0.15, 0.2) is 0 Å². The van der Waals surface area contributed by atoms with Crippen molar-refractivity contribution in [1.29, 1.82) is 0 Å². The number of fused-ring (bicyclic) bond motifs is 1. The summed E-state index contributed by atoms with van der Waals surface area (Å²) in [6, 6.07) is 9.54. The average molecular weight is 350 g/mol. The van der Waals surface area contributed by atoms with Crippen molar-refractivity contribution in [2.75, 3.05) is 16.8 Å². The Balaban J connectivity index is 1.39. The number of hydrogen-bond acceptors (Lipinski definition) is 3. The summed E-state index contributed by atoms with van der Waals surface area (Å²) in [7, 11) is 0. The predicted molar refractivity (Wildman–Crippen MR) is 101 cm³/mol. The van der Waals surface area contributed by atoms with Gasteiger partial charge in [-0.15, -0.1) is 0 Å². The maximum atomic E-state index is 12.2. The van der Waals surface area contributed by atoms with Gasteiger partial charge in [-0.2, -0.15) is 0 Å². The van der Waals surface area contributed by atoms with Gasteiger partial charge < -0.3 is 14.6 Å². The summed E-state index contributed by atoms with van der Waals surface area (Å²) in [5, 5.41) is 2.86. The first-order chi connectivity index (χ1) is 12.5.